The molecule has 0 saturated carbocycles. The Labute approximate surface area is 179 Å². The van der Waals surface area contributed by atoms with Gasteiger partial charge < -0.3 is 24.4 Å². The Hall–Kier alpha value is -3.49. The van der Waals surface area contributed by atoms with Gasteiger partial charge in [-0.1, -0.05) is 0 Å². The van der Waals surface area contributed by atoms with Crippen LogP contribution in [0.2, 0.25) is 0 Å². The predicted octanol–water partition coefficient (Wildman–Crippen LogP) is 3.27. The van der Waals surface area contributed by atoms with E-state index in [-0.39, 0.29) is 6.54 Å². The lowest BCUT2D eigenvalue weighted by molar-refractivity contribution is 0.102. The number of aliphatic hydroxyl groups excluding tert-OH is 2. The zero-order valence-corrected chi connectivity index (χ0v) is 17.2. The van der Waals surface area contributed by atoms with Crippen molar-refractivity contribution >= 4 is 22.4 Å². The average Bonchev–Trinajstić information content (AvgIpc) is 3.22. The van der Waals surface area contributed by atoms with Crippen LogP contribution in [0.25, 0.3) is 22.3 Å². The highest BCUT2D eigenvalue weighted by molar-refractivity contribution is 5.82. The standard InChI is InChI=1S/C23H23FN4O3/c1-27-6-5-15(12-27)23-11-25-21-4-3-17(10-22(21)26-23)28(13-19(30)14-29)18-7-16(24)8-20(9-18)31-2/h3-12,19,29-30H,13-14H2,1-2H3/t19-/m1/s1. The molecule has 0 saturated heterocycles. The van der Waals surface area contributed by atoms with Crippen LogP contribution in [0, 0.1) is 5.82 Å². The van der Waals surface area contributed by atoms with Crippen molar-refractivity contribution in [2.75, 3.05) is 25.2 Å². The van der Waals surface area contributed by atoms with Crippen LogP contribution >= 0.6 is 0 Å². The van der Waals surface area contributed by atoms with E-state index in [2.05, 4.69) is 4.98 Å². The van der Waals surface area contributed by atoms with Crippen molar-refractivity contribution in [1.82, 2.24) is 14.5 Å². The predicted molar refractivity (Wildman–Crippen MR) is 117 cm³/mol. The van der Waals surface area contributed by atoms with E-state index in [0.29, 0.717) is 28.2 Å². The number of nitrogens with zero attached hydrogens (tertiary/aromatic N) is 4. The first-order valence-electron chi connectivity index (χ1n) is 9.77. The minimum atomic E-state index is -1.02. The van der Waals surface area contributed by atoms with Crippen molar-refractivity contribution in [3.05, 3.63) is 66.9 Å². The zero-order chi connectivity index (χ0) is 22.0. The second kappa shape index (κ2) is 8.71. The number of benzene rings is 2. The Morgan fingerprint density at radius 3 is 2.68 bits per heavy atom. The van der Waals surface area contributed by atoms with Crippen molar-refractivity contribution < 1.29 is 19.3 Å². The monoisotopic (exact) mass is 422 g/mol. The van der Waals surface area contributed by atoms with E-state index in [0.717, 1.165) is 11.3 Å². The van der Waals surface area contributed by atoms with Crippen molar-refractivity contribution in [2.24, 2.45) is 7.05 Å². The molecule has 0 aliphatic carbocycles. The third-order valence-corrected chi connectivity index (χ3v) is 4.97. The van der Waals surface area contributed by atoms with Crippen molar-refractivity contribution in [2.45, 2.75) is 6.10 Å². The molecule has 160 valence electrons. The molecular weight excluding hydrogens is 399 g/mol. The van der Waals surface area contributed by atoms with E-state index in [4.69, 9.17) is 9.72 Å². The van der Waals surface area contributed by atoms with Crippen LogP contribution in [0.5, 0.6) is 5.75 Å². The lowest BCUT2D eigenvalue weighted by Gasteiger charge is -2.27. The van der Waals surface area contributed by atoms with Gasteiger partial charge in [-0.05, 0) is 30.3 Å². The van der Waals surface area contributed by atoms with Gasteiger partial charge >= 0.3 is 0 Å². The number of hydrogen-bond acceptors (Lipinski definition) is 6. The molecule has 4 rings (SSSR count). The first-order valence-corrected chi connectivity index (χ1v) is 9.77. The first-order chi connectivity index (χ1) is 15.0. The molecule has 2 N–H and O–H groups in total. The minimum Gasteiger partial charge on any atom is -0.497 e. The summed E-state index contributed by atoms with van der Waals surface area (Å²) >= 11 is 0. The molecule has 0 spiro atoms. The van der Waals surface area contributed by atoms with Gasteiger partial charge in [0.2, 0.25) is 0 Å². The average molecular weight is 422 g/mol. The number of rotatable bonds is 7. The summed E-state index contributed by atoms with van der Waals surface area (Å²) in [4.78, 5) is 10.9. The number of ether oxygens (including phenoxy) is 1. The molecule has 2 aromatic carbocycles. The molecule has 0 aliphatic heterocycles. The van der Waals surface area contributed by atoms with E-state index in [9.17, 15) is 14.6 Å². The molecular formula is C23H23FN4O3. The van der Waals surface area contributed by atoms with E-state index in [1.54, 1.807) is 17.2 Å². The van der Waals surface area contributed by atoms with Gasteiger partial charge in [0.25, 0.3) is 0 Å². The van der Waals surface area contributed by atoms with Gasteiger partial charge in [0.15, 0.2) is 0 Å². The number of aliphatic hydroxyl groups is 2. The van der Waals surface area contributed by atoms with E-state index >= 15 is 0 Å². The second-order valence-electron chi connectivity index (χ2n) is 7.29. The lowest BCUT2D eigenvalue weighted by Crippen LogP contribution is -2.31. The maximum absolute atomic E-state index is 14.2. The van der Waals surface area contributed by atoms with Crippen LogP contribution in [-0.2, 0) is 7.05 Å². The van der Waals surface area contributed by atoms with Gasteiger partial charge in [-0.2, -0.15) is 0 Å². The van der Waals surface area contributed by atoms with Crippen LogP contribution in [0.4, 0.5) is 15.8 Å². The maximum atomic E-state index is 14.2. The third kappa shape index (κ3) is 4.50. The number of anilines is 2. The summed E-state index contributed by atoms with van der Waals surface area (Å²) in [5.41, 5.74) is 4.21. The number of aromatic nitrogens is 3. The number of hydrogen-bond donors (Lipinski definition) is 2. The summed E-state index contributed by atoms with van der Waals surface area (Å²) < 4.78 is 21.3. The summed E-state index contributed by atoms with van der Waals surface area (Å²) in [5.74, 6) is -0.116. The van der Waals surface area contributed by atoms with E-state index in [1.807, 2.05) is 48.3 Å². The maximum Gasteiger partial charge on any atom is 0.128 e. The molecule has 0 radical (unpaired) electrons. The molecule has 0 aliphatic rings. The first kappa shape index (κ1) is 20.8. The van der Waals surface area contributed by atoms with Crippen LogP contribution < -0.4 is 9.64 Å². The Bertz CT molecular complexity index is 1210. The zero-order valence-electron chi connectivity index (χ0n) is 17.2. The second-order valence-corrected chi connectivity index (χ2v) is 7.29. The summed E-state index contributed by atoms with van der Waals surface area (Å²) in [6, 6.07) is 11.7. The third-order valence-electron chi connectivity index (χ3n) is 4.97. The Balaban J connectivity index is 1.80. The van der Waals surface area contributed by atoms with Crippen molar-refractivity contribution in [3.8, 4) is 17.0 Å². The fourth-order valence-corrected chi connectivity index (χ4v) is 3.41. The van der Waals surface area contributed by atoms with Crippen LogP contribution in [0.15, 0.2) is 61.1 Å². The Morgan fingerprint density at radius 2 is 1.97 bits per heavy atom. The highest BCUT2D eigenvalue weighted by Crippen LogP contribution is 2.32. The minimum absolute atomic E-state index is 0.0560. The molecule has 2 heterocycles. The number of halogens is 1. The molecule has 0 bridgehead atoms. The number of aryl methyl sites for hydroxylation is 1. The Morgan fingerprint density at radius 1 is 1.13 bits per heavy atom. The van der Waals surface area contributed by atoms with Gasteiger partial charge in [0, 0.05) is 48.5 Å². The molecule has 0 unspecified atom stereocenters. The molecule has 31 heavy (non-hydrogen) atoms. The summed E-state index contributed by atoms with van der Waals surface area (Å²) in [6.45, 7) is -0.366. The molecule has 7 nitrogen and oxygen atoms in total. The van der Waals surface area contributed by atoms with E-state index < -0.39 is 18.5 Å². The number of methoxy groups -OCH3 is 1. The molecule has 2 aromatic heterocycles. The number of fused-ring (bicyclic) bond motifs is 1. The summed E-state index contributed by atoms with van der Waals surface area (Å²) in [7, 11) is 3.40. The fraction of sp³-hybridized carbons (Fsp3) is 0.217. The van der Waals surface area contributed by atoms with Crippen LogP contribution in [0.3, 0.4) is 0 Å². The van der Waals surface area contributed by atoms with Crippen LogP contribution in [0.1, 0.15) is 0 Å². The smallest absolute Gasteiger partial charge is 0.128 e. The van der Waals surface area contributed by atoms with Gasteiger partial charge in [-0.3, -0.25) is 4.98 Å². The van der Waals surface area contributed by atoms with Gasteiger partial charge in [-0.25, -0.2) is 9.37 Å². The van der Waals surface area contributed by atoms with Crippen molar-refractivity contribution in [1.29, 1.82) is 0 Å². The van der Waals surface area contributed by atoms with E-state index in [1.165, 1.54) is 19.2 Å². The van der Waals surface area contributed by atoms with Crippen LogP contribution in [-0.4, -0.2) is 51.1 Å². The summed E-state index contributed by atoms with van der Waals surface area (Å²) in [6.07, 6.45) is 4.60. The fourth-order valence-electron chi connectivity index (χ4n) is 3.41. The Kier molecular flexibility index (Phi) is 5.83. The summed E-state index contributed by atoms with van der Waals surface area (Å²) in [5, 5.41) is 19.5. The molecule has 0 amide bonds. The van der Waals surface area contributed by atoms with Gasteiger partial charge in [-0.15, -0.1) is 0 Å². The molecule has 4 aromatic rings. The largest absolute Gasteiger partial charge is 0.497 e. The van der Waals surface area contributed by atoms with Crippen molar-refractivity contribution in [3.63, 3.8) is 0 Å². The highest BCUT2D eigenvalue weighted by Gasteiger charge is 2.17. The topological polar surface area (TPSA) is 83.6 Å². The van der Waals surface area contributed by atoms with Gasteiger partial charge in [0.05, 0.1) is 49.3 Å². The lowest BCUT2D eigenvalue weighted by atomic mass is 10.1. The molecule has 0 fully saturated rings. The molecule has 8 heteroatoms. The quantitative estimate of drug-likeness (QED) is 0.476. The highest BCUT2D eigenvalue weighted by atomic mass is 19.1. The van der Waals surface area contributed by atoms with Gasteiger partial charge in [0.1, 0.15) is 11.6 Å². The SMILES string of the molecule is COc1cc(F)cc(N(C[C@@H](O)CO)c2ccc3ncc(-c4ccn(C)c4)nc3c2)c1. The molecule has 1 atom stereocenters. The normalized spacial score (nSPS) is 12.2.